The predicted molar refractivity (Wildman–Crippen MR) is 51.1 cm³/mol. The number of aryl methyl sites for hydroxylation is 1. The summed E-state index contributed by atoms with van der Waals surface area (Å²) in [6.07, 6.45) is -4.51. The van der Waals surface area contributed by atoms with Gasteiger partial charge in [-0.1, -0.05) is 11.6 Å². The van der Waals surface area contributed by atoms with Crippen LogP contribution in [0.5, 0.6) is 5.88 Å². The maximum Gasteiger partial charge on any atom is 0.422 e. The zero-order valence-electron chi connectivity index (χ0n) is 8.84. The molecule has 5 nitrogen and oxygen atoms in total. The Labute approximate surface area is 99.1 Å². The number of methoxy groups -OCH3 is 1. The molecule has 0 atom stereocenters. The van der Waals surface area contributed by atoms with Crippen molar-refractivity contribution < 1.29 is 27.4 Å². The molecule has 0 saturated carbocycles. The summed E-state index contributed by atoms with van der Waals surface area (Å²) in [6.45, 7) is -1.54. The van der Waals surface area contributed by atoms with Crippen LogP contribution in [-0.2, 0) is 11.8 Å². The van der Waals surface area contributed by atoms with Crippen molar-refractivity contribution in [1.29, 1.82) is 0 Å². The van der Waals surface area contributed by atoms with Gasteiger partial charge in [0.1, 0.15) is 5.02 Å². The average molecular weight is 273 g/mol. The summed E-state index contributed by atoms with van der Waals surface area (Å²) < 4.78 is 45.5. The van der Waals surface area contributed by atoms with Crippen LogP contribution < -0.4 is 4.74 Å². The topological polar surface area (TPSA) is 53.4 Å². The third-order valence-corrected chi connectivity index (χ3v) is 2.05. The normalized spacial score (nSPS) is 11.4. The number of alkyl halides is 3. The summed E-state index contributed by atoms with van der Waals surface area (Å²) in [7, 11) is 2.44. The largest absolute Gasteiger partial charge is 0.466 e. The quantitative estimate of drug-likeness (QED) is 0.788. The summed E-state index contributed by atoms with van der Waals surface area (Å²) in [6, 6.07) is 0. The fourth-order valence-electron chi connectivity index (χ4n) is 1.03. The Balaban J connectivity index is 2.93. The molecule has 0 unspecified atom stereocenters. The highest BCUT2D eigenvalue weighted by Crippen LogP contribution is 2.28. The van der Waals surface area contributed by atoms with Gasteiger partial charge >= 0.3 is 12.1 Å². The molecule has 0 aliphatic rings. The molecule has 0 bridgehead atoms. The molecule has 9 heteroatoms. The molecule has 1 aromatic rings. The number of hydrogen-bond donors (Lipinski definition) is 0. The van der Waals surface area contributed by atoms with E-state index in [-0.39, 0.29) is 10.7 Å². The number of hydrogen-bond acceptors (Lipinski definition) is 4. The van der Waals surface area contributed by atoms with Crippen molar-refractivity contribution in [3.8, 4) is 5.88 Å². The Morgan fingerprint density at radius 1 is 1.53 bits per heavy atom. The Kier molecular flexibility index (Phi) is 3.87. The van der Waals surface area contributed by atoms with Gasteiger partial charge in [0.15, 0.2) is 12.3 Å². The highest BCUT2D eigenvalue weighted by molar-refractivity contribution is 6.34. The molecule has 1 rings (SSSR count). The number of rotatable bonds is 3. The molecule has 0 amide bonds. The lowest BCUT2D eigenvalue weighted by molar-refractivity contribution is -0.154. The van der Waals surface area contributed by atoms with Gasteiger partial charge in [-0.15, -0.1) is 5.10 Å². The van der Waals surface area contributed by atoms with Gasteiger partial charge < -0.3 is 9.47 Å². The molecule has 17 heavy (non-hydrogen) atoms. The van der Waals surface area contributed by atoms with Crippen LogP contribution in [0.4, 0.5) is 13.2 Å². The van der Waals surface area contributed by atoms with Crippen LogP contribution in [-0.4, -0.2) is 35.6 Å². The summed E-state index contributed by atoms with van der Waals surface area (Å²) in [5, 5.41) is 3.23. The molecule has 0 aliphatic heterocycles. The number of aromatic nitrogens is 2. The smallest absolute Gasteiger partial charge is 0.422 e. The average Bonchev–Trinajstić information content (AvgIpc) is 2.49. The highest BCUT2D eigenvalue weighted by Gasteiger charge is 2.31. The molecule has 0 fully saturated rings. The van der Waals surface area contributed by atoms with Crippen molar-refractivity contribution in [2.75, 3.05) is 13.7 Å². The number of carbonyl (C=O) groups excluding carboxylic acids is 1. The summed E-state index contributed by atoms with van der Waals surface area (Å²) in [4.78, 5) is 11.2. The van der Waals surface area contributed by atoms with E-state index in [9.17, 15) is 18.0 Å². The minimum absolute atomic E-state index is 0.175. The highest BCUT2D eigenvalue weighted by atomic mass is 35.5. The van der Waals surface area contributed by atoms with Gasteiger partial charge in [-0.3, -0.25) is 4.68 Å². The van der Waals surface area contributed by atoms with E-state index >= 15 is 0 Å². The third-order valence-electron chi connectivity index (χ3n) is 1.71. The van der Waals surface area contributed by atoms with Crippen molar-refractivity contribution >= 4 is 17.6 Å². The number of halogens is 4. The second kappa shape index (κ2) is 4.82. The van der Waals surface area contributed by atoms with E-state index < -0.39 is 24.6 Å². The van der Waals surface area contributed by atoms with E-state index in [1.807, 2.05) is 0 Å². The van der Waals surface area contributed by atoms with Crippen molar-refractivity contribution in [3.63, 3.8) is 0 Å². The molecular weight excluding hydrogens is 265 g/mol. The summed E-state index contributed by atoms with van der Waals surface area (Å²) in [5.41, 5.74) is -0.175. The van der Waals surface area contributed by atoms with E-state index in [0.717, 1.165) is 11.8 Å². The van der Waals surface area contributed by atoms with Gasteiger partial charge in [-0.25, -0.2) is 4.79 Å². The molecule has 96 valence electrons. The van der Waals surface area contributed by atoms with Crippen molar-refractivity contribution in [3.05, 3.63) is 10.7 Å². The maximum absolute atomic E-state index is 11.9. The monoisotopic (exact) mass is 272 g/mol. The Hall–Kier alpha value is -1.44. The van der Waals surface area contributed by atoms with Crippen molar-refractivity contribution in [1.82, 2.24) is 9.78 Å². The lowest BCUT2D eigenvalue weighted by Crippen LogP contribution is -2.19. The summed E-state index contributed by atoms with van der Waals surface area (Å²) >= 11 is 5.66. The Morgan fingerprint density at radius 3 is 2.59 bits per heavy atom. The minimum Gasteiger partial charge on any atom is -0.466 e. The standard InChI is InChI=1S/C8H8ClF3N2O3/c1-14-5(7(15)16-2)4(9)6(13-14)17-3-8(10,11)12/h3H2,1-2H3. The first-order valence-electron chi connectivity index (χ1n) is 4.26. The first-order chi connectivity index (χ1) is 7.76. The number of ether oxygens (including phenoxy) is 2. The second-order valence-electron chi connectivity index (χ2n) is 2.99. The van der Waals surface area contributed by atoms with Crippen LogP contribution in [0.25, 0.3) is 0 Å². The minimum atomic E-state index is -4.51. The second-order valence-corrected chi connectivity index (χ2v) is 3.36. The van der Waals surface area contributed by atoms with E-state index in [1.165, 1.54) is 7.05 Å². The van der Waals surface area contributed by atoms with Crippen LogP contribution in [0.1, 0.15) is 10.5 Å². The molecule has 0 aliphatic carbocycles. The van der Waals surface area contributed by atoms with Crippen LogP contribution in [0.3, 0.4) is 0 Å². The van der Waals surface area contributed by atoms with E-state index in [4.69, 9.17) is 11.6 Å². The van der Waals surface area contributed by atoms with E-state index in [1.54, 1.807) is 0 Å². The zero-order chi connectivity index (χ0) is 13.2. The molecule has 0 spiro atoms. The van der Waals surface area contributed by atoms with E-state index in [0.29, 0.717) is 0 Å². The van der Waals surface area contributed by atoms with Crippen LogP contribution >= 0.6 is 11.6 Å². The van der Waals surface area contributed by atoms with E-state index in [2.05, 4.69) is 14.6 Å². The zero-order valence-corrected chi connectivity index (χ0v) is 9.59. The molecule has 0 saturated heterocycles. The van der Waals surface area contributed by atoms with Gasteiger partial charge in [0.2, 0.25) is 0 Å². The van der Waals surface area contributed by atoms with Crippen molar-refractivity contribution in [2.24, 2.45) is 7.05 Å². The van der Waals surface area contributed by atoms with Gasteiger partial charge in [0, 0.05) is 7.05 Å². The van der Waals surface area contributed by atoms with Crippen LogP contribution in [0.2, 0.25) is 5.02 Å². The molecule has 1 heterocycles. The number of carbonyl (C=O) groups is 1. The third kappa shape index (κ3) is 3.26. The fraction of sp³-hybridized carbons (Fsp3) is 0.500. The molecule has 0 radical (unpaired) electrons. The van der Waals surface area contributed by atoms with Gasteiger partial charge in [0.25, 0.3) is 5.88 Å². The van der Waals surface area contributed by atoms with Crippen molar-refractivity contribution in [2.45, 2.75) is 6.18 Å². The van der Waals surface area contributed by atoms with Gasteiger partial charge in [-0.05, 0) is 0 Å². The molecule has 0 aromatic carbocycles. The number of esters is 1. The fourth-order valence-corrected chi connectivity index (χ4v) is 1.33. The maximum atomic E-state index is 11.9. The first-order valence-corrected chi connectivity index (χ1v) is 4.64. The molecule has 0 N–H and O–H groups in total. The SMILES string of the molecule is COC(=O)c1c(Cl)c(OCC(F)(F)F)nn1C. The van der Waals surface area contributed by atoms with Crippen LogP contribution in [0.15, 0.2) is 0 Å². The van der Waals surface area contributed by atoms with Gasteiger partial charge in [-0.2, -0.15) is 13.2 Å². The van der Waals surface area contributed by atoms with Gasteiger partial charge in [0.05, 0.1) is 7.11 Å². The number of nitrogens with zero attached hydrogens (tertiary/aromatic N) is 2. The lowest BCUT2D eigenvalue weighted by Gasteiger charge is -2.06. The van der Waals surface area contributed by atoms with Crippen LogP contribution in [0, 0.1) is 0 Å². The summed E-state index contributed by atoms with van der Waals surface area (Å²) in [5.74, 6) is -1.28. The first kappa shape index (κ1) is 13.6. The predicted octanol–water partition coefficient (Wildman–Crippen LogP) is 1.80. The Morgan fingerprint density at radius 2 is 2.12 bits per heavy atom. The molecule has 1 aromatic heterocycles. The lowest BCUT2D eigenvalue weighted by atomic mass is 10.4. The Bertz CT molecular complexity index is 430. The molecular formula is C8H8ClF3N2O3.